The molecule has 0 saturated carbocycles. The number of aromatic nitrogens is 3. The lowest BCUT2D eigenvalue weighted by molar-refractivity contribution is 0.102. The average molecular weight is 358 g/mol. The second-order valence-electron chi connectivity index (χ2n) is 6.21. The van der Waals surface area contributed by atoms with Gasteiger partial charge in [0.2, 0.25) is 0 Å². The summed E-state index contributed by atoms with van der Waals surface area (Å²) in [7, 11) is 0. The van der Waals surface area contributed by atoms with Crippen LogP contribution in [0.5, 0.6) is 11.5 Å². The molecule has 0 saturated heterocycles. The molecule has 134 valence electrons. The van der Waals surface area contributed by atoms with E-state index >= 15 is 0 Å². The van der Waals surface area contributed by atoms with E-state index in [0.717, 1.165) is 22.8 Å². The topological polar surface area (TPSA) is 68.5 Å². The third kappa shape index (κ3) is 3.50. The monoisotopic (exact) mass is 358 g/mol. The molecule has 0 unspecified atom stereocenters. The summed E-state index contributed by atoms with van der Waals surface area (Å²) in [5.41, 5.74) is 3.49. The molecule has 0 fully saturated rings. The third-order valence-corrected chi connectivity index (χ3v) is 4.18. The lowest BCUT2D eigenvalue weighted by atomic mass is 10.2. The van der Waals surface area contributed by atoms with Gasteiger partial charge in [-0.3, -0.25) is 4.79 Å². The quantitative estimate of drug-likeness (QED) is 0.587. The maximum Gasteiger partial charge on any atom is 0.259 e. The summed E-state index contributed by atoms with van der Waals surface area (Å²) in [6.07, 6.45) is 1.58. The van der Waals surface area contributed by atoms with Crippen LogP contribution in [-0.4, -0.2) is 20.5 Å². The van der Waals surface area contributed by atoms with Crippen LogP contribution >= 0.6 is 0 Å². The minimum atomic E-state index is -0.230. The summed E-state index contributed by atoms with van der Waals surface area (Å²) in [5, 5.41) is 7.26. The molecule has 4 rings (SSSR count). The summed E-state index contributed by atoms with van der Waals surface area (Å²) >= 11 is 0. The van der Waals surface area contributed by atoms with Gasteiger partial charge in [-0.1, -0.05) is 18.2 Å². The number of hydrogen-bond acceptors (Lipinski definition) is 4. The van der Waals surface area contributed by atoms with Crippen molar-refractivity contribution in [3.05, 3.63) is 83.8 Å². The van der Waals surface area contributed by atoms with Gasteiger partial charge in [0.25, 0.3) is 5.91 Å². The van der Waals surface area contributed by atoms with Crippen molar-refractivity contribution in [3.63, 3.8) is 0 Å². The molecule has 0 aliphatic rings. The van der Waals surface area contributed by atoms with Gasteiger partial charge in [0.1, 0.15) is 11.5 Å². The first-order chi connectivity index (χ1) is 13.1. The minimum absolute atomic E-state index is 0.230. The highest BCUT2D eigenvalue weighted by molar-refractivity contribution is 6.04. The Kier molecular flexibility index (Phi) is 4.30. The molecule has 6 heteroatoms. The number of anilines is 1. The fourth-order valence-corrected chi connectivity index (χ4v) is 2.82. The van der Waals surface area contributed by atoms with Gasteiger partial charge < -0.3 is 10.1 Å². The van der Waals surface area contributed by atoms with E-state index in [9.17, 15) is 4.79 Å². The summed E-state index contributed by atoms with van der Waals surface area (Å²) < 4.78 is 7.44. The van der Waals surface area contributed by atoms with Crippen LogP contribution in [0, 0.1) is 13.8 Å². The van der Waals surface area contributed by atoms with Gasteiger partial charge in [-0.25, -0.2) is 9.50 Å². The van der Waals surface area contributed by atoms with E-state index in [-0.39, 0.29) is 5.91 Å². The van der Waals surface area contributed by atoms with Crippen molar-refractivity contribution in [2.75, 3.05) is 5.32 Å². The first-order valence-corrected chi connectivity index (χ1v) is 8.56. The second kappa shape index (κ2) is 6.92. The highest BCUT2D eigenvalue weighted by atomic mass is 16.5. The number of nitrogens with one attached hydrogen (secondary N) is 1. The van der Waals surface area contributed by atoms with Crippen molar-refractivity contribution >= 4 is 17.2 Å². The zero-order valence-corrected chi connectivity index (χ0v) is 15.0. The van der Waals surface area contributed by atoms with E-state index in [1.807, 2.05) is 62.4 Å². The number of hydrogen-bond donors (Lipinski definition) is 1. The molecular weight excluding hydrogens is 340 g/mol. The second-order valence-corrected chi connectivity index (χ2v) is 6.21. The molecule has 0 radical (unpaired) electrons. The van der Waals surface area contributed by atoms with E-state index in [0.29, 0.717) is 17.0 Å². The van der Waals surface area contributed by atoms with Gasteiger partial charge in [-0.2, -0.15) is 5.10 Å². The van der Waals surface area contributed by atoms with Gasteiger partial charge in [0, 0.05) is 18.0 Å². The first-order valence-electron chi connectivity index (χ1n) is 8.56. The van der Waals surface area contributed by atoms with Gasteiger partial charge >= 0.3 is 0 Å². The molecule has 1 N–H and O–H groups in total. The molecule has 2 aromatic carbocycles. The molecule has 4 aromatic rings. The molecular formula is C21H18N4O2. The Labute approximate surface area is 156 Å². The molecule has 1 amide bonds. The van der Waals surface area contributed by atoms with Crippen LogP contribution in [0.15, 0.2) is 66.9 Å². The Morgan fingerprint density at radius 1 is 1.00 bits per heavy atom. The molecule has 0 spiro atoms. The number of rotatable bonds is 4. The summed E-state index contributed by atoms with van der Waals surface area (Å²) in [6.45, 7) is 3.75. The minimum Gasteiger partial charge on any atom is -0.457 e. The molecule has 2 aromatic heterocycles. The average Bonchev–Trinajstić information content (AvgIpc) is 3.06. The number of aryl methyl sites for hydroxylation is 2. The number of nitrogens with zero attached hydrogens (tertiary/aromatic N) is 3. The van der Waals surface area contributed by atoms with Crippen LogP contribution in [0.2, 0.25) is 0 Å². The zero-order chi connectivity index (χ0) is 18.8. The standard InChI is InChI=1S/C21H18N4O2/c1-14-12-20-22-13-19(15(2)25(20)24-14)21(26)23-16-8-10-18(11-9-16)27-17-6-4-3-5-7-17/h3-13H,1-2H3,(H,23,26). The smallest absolute Gasteiger partial charge is 0.259 e. The lowest BCUT2D eigenvalue weighted by Crippen LogP contribution is -2.16. The van der Waals surface area contributed by atoms with Crippen LogP contribution in [0.1, 0.15) is 21.7 Å². The summed E-state index contributed by atoms with van der Waals surface area (Å²) in [4.78, 5) is 16.9. The van der Waals surface area contributed by atoms with Crippen LogP contribution < -0.4 is 10.1 Å². The van der Waals surface area contributed by atoms with Gasteiger partial charge in [-0.05, 0) is 50.2 Å². The van der Waals surface area contributed by atoms with E-state index in [1.54, 1.807) is 22.8 Å². The number of carbonyl (C=O) groups excluding carboxylic acids is 1. The van der Waals surface area contributed by atoms with E-state index in [4.69, 9.17) is 4.74 Å². The first kappa shape index (κ1) is 16.8. The maximum atomic E-state index is 12.6. The van der Waals surface area contributed by atoms with E-state index < -0.39 is 0 Å². The Bertz CT molecular complexity index is 1100. The van der Waals surface area contributed by atoms with E-state index in [1.165, 1.54) is 0 Å². The number of ether oxygens (including phenoxy) is 1. The van der Waals surface area contributed by atoms with Crippen LogP contribution in [0.4, 0.5) is 5.69 Å². The molecule has 0 atom stereocenters. The van der Waals surface area contributed by atoms with Gasteiger partial charge in [-0.15, -0.1) is 0 Å². The van der Waals surface area contributed by atoms with Crippen LogP contribution in [0.3, 0.4) is 0 Å². The molecule has 2 heterocycles. The van der Waals surface area contributed by atoms with Crippen molar-refractivity contribution < 1.29 is 9.53 Å². The number of fused-ring (bicyclic) bond motifs is 1. The summed E-state index contributed by atoms with van der Waals surface area (Å²) in [5.74, 6) is 1.23. The Hall–Kier alpha value is -3.67. The third-order valence-electron chi connectivity index (χ3n) is 4.18. The van der Waals surface area contributed by atoms with Crippen molar-refractivity contribution in [1.29, 1.82) is 0 Å². The maximum absolute atomic E-state index is 12.6. The lowest BCUT2D eigenvalue weighted by Gasteiger charge is -2.10. The zero-order valence-electron chi connectivity index (χ0n) is 15.0. The number of carbonyl (C=O) groups is 1. The molecule has 0 bridgehead atoms. The van der Waals surface area contributed by atoms with Gasteiger partial charge in [0.15, 0.2) is 5.65 Å². The molecule has 0 aliphatic heterocycles. The van der Waals surface area contributed by atoms with Crippen molar-refractivity contribution in [3.8, 4) is 11.5 Å². The Balaban J connectivity index is 1.50. The van der Waals surface area contributed by atoms with Gasteiger partial charge in [0.05, 0.1) is 17.0 Å². The number of amides is 1. The molecule has 27 heavy (non-hydrogen) atoms. The number of benzene rings is 2. The molecule has 6 nitrogen and oxygen atoms in total. The van der Waals surface area contributed by atoms with Crippen molar-refractivity contribution in [2.24, 2.45) is 0 Å². The fraction of sp³-hybridized carbons (Fsp3) is 0.0952. The molecule has 0 aliphatic carbocycles. The SMILES string of the molecule is Cc1cc2ncc(C(=O)Nc3ccc(Oc4ccccc4)cc3)c(C)n2n1. The Morgan fingerprint density at radius 2 is 1.70 bits per heavy atom. The highest BCUT2D eigenvalue weighted by Gasteiger charge is 2.14. The predicted octanol–water partition coefficient (Wildman–Crippen LogP) is 4.39. The van der Waals surface area contributed by atoms with E-state index in [2.05, 4.69) is 15.4 Å². The van der Waals surface area contributed by atoms with Crippen LogP contribution in [-0.2, 0) is 0 Å². The highest BCUT2D eigenvalue weighted by Crippen LogP contribution is 2.23. The van der Waals surface area contributed by atoms with Crippen LogP contribution in [0.25, 0.3) is 5.65 Å². The van der Waals surface area contributed by atoms with Crippen molar-refractivity contribution in [2.45, 2.75) is 13.8 Å². The fourth-order valence-electron chi connectivity index (χ4n) is 2.82. The predicted molar refractivity (Wildman–Crippen MR) is 103 cm³/mol. The normalized spacial score (nSPS) is 10.7. The van der Waals surface area contributed by atoms with Crippen molar-refractivity contribution in [1.82, 2.24) is 14.6 Å². The number of para-hydroxylation sites is 1. The summed E-state index contributed by atoms with van der Waals surface area (Å²) in [6, 6.07) is 18.6. The largest absolute Gasteiger partial charge is 0.457 e. The Morgan fingerprint density at radius 3 is 2.44 bits per heavy atom.